The first-order valence-electron chi connectivity index (χ1n) is 12.8. The highest BCUT2D eigenvalue weighted by Gasteiger charge is 2.15. The molecule has 3 rings (SSSR count). The average Bonchev–Trinajstić information content (AvgIpc) is 2.87. The van der Waals surface area contributed by atoms with Crippen molar-refractivity contribution in [1.29, 1.82) is 0 Å². The van der Waals surface area contributed by atoms with Gasteiger partial charge in [-0.3, -0.25) is 9.59 Å². The zero-order valence-electron chi connectivity index (χ0n) is 21.3. The second-order valence-corrected chi connectivity index (χ2v) is 8.87. The second kappa shape index (κ2) is 14.4. The fraction of sp³-hybridized carbons (Fsp3) is 0.357. The number of amides is 2. The summed E-state index contributed by atoms with van der Waals surface area (Å²) in [5.74, 6) is 0.751. The van der Waals surface area contributed by atoms with Gasteiger partial charge in [-0.15, -0.1) is 0 Å². The summed E-state index contributed by atoms with van der Waals surface area (Å²) in [4.78, 5) is 34.1. The number of ether oxygens (including phenoxy) is 1. The lowest BCUT2D eigenvalue weighted by molar-refractivity contribution is 0.102. The number of rotatable bonds is 14. The number of nitrogens with two attached hydrogens (primary N) is 2. The third kappa shape index (κ3) is 9.44. The number of pyridine rings is 2. The van der Waals surface area contributed by atoms with Crippen LogP contribution in [-0.2, 0) is 0 Å². The van der Waals surface area contributed by atoms with E-state index in [1.165, 1.54) is 44.6 Å². The number of anilines is 4. The number of unbranched alkanes of at least 4 members (excludes halogenated alkanes) is 7. The summed E-state index contributed by atoms with van der Waals surface area (Å²) in [6, 6.07) is 14.6. The number of hydrogen-bond acceptors (Lipinski definition) is 7. The van der Waals surface area contributed by atoms with Crippen LogP contribution in [0.2, 0.25) is 0 Å². The van der Waals surface area contributed by atoms with Gasteiger partial charge in [0.15, 0.2) is 0 Å². The highest BCUT2D eigenvalue weighted by molar-refractivity contribution is 6.08. The summed E-state index contributed by atoms with van der Waals surface area (Å²) < 4.78 is 5.94. The Morgan fingerprint density at radius 2 is 1.22 bits per heavy atom. The van der Waals surface area contributed by atoms with Crippen LogP contribution in [0.4, 0.5) is 23.3 Å². The van der Waals surface area contributed by atoms with E-state index in [4.69, 9.17) is 16.2 Å². The molecule has 0 saturated heterocycles. The van der Waals surface area contributed by atoms with Crippen LogP contribution in [-0.4, -0.2) is 28.4 Å². The molecule has 9 nitrogen and oxygen atoms in total. The molecule has 37 heavy (non-hydrogen) atoms. The van der Waals surface area contributed by atoms with Gasteiger partial charge in [-0.25, -0.2) is 9.97 Å². The number of nitrogen functional groups attached to an aromatic ring is 2. The Morgan fingerprint density at radius 3 is 1.70 bits per heavy atom. The topological polar surface area (TPSA) is 145 Å². The molecule has 2 aromatic heterocycles. The molecule has 2 amide bonds. The van der Waals surface area contributed by atoms with Crippen molar-refractivity contribution in [2.45, 2.75) is 58.3 Å². The summed E-state index contributed by atoms with van der Waals surface area (Å²) in [5, 5.41) is 5.42. The smallest absolute Gasteiger partial charge is 0.256 e. The monoisotopic (exact) mass is 504 g/mol. The highest BCUT2D eigenvalue weighted by atomic mass is 16.5. The number of nitrogens with one attached hydrogen (secondary N) is 2. The fourth-order valence-corrected chi connectivity index (χ4v) is 3.79. The molecule has 6 N–H and O–H groups in total. The molecule has 9 heteroatoms. The van der Waals surface area contributed by atoms with E-state index < -0.39 is 11.8 Å². The van der Waals surface area contributed by atoms with E-state index in [-0.39, 0.29) is 22.8 Å². The molecule has 196 valence electrons. The lowest BCUT2D eigenvalue weighted by Gasteiger charge is -2.12. The van der Waals surface area contributed by atoms with Gasteiger partial charge in [-0.05, 0) is 48.9 Å². The Hall–Kier alpha value is -4.14. The maximum atomic E-state index is 13.0. The van der Waals surface area contributed by atoms with Crippen molar-refractivity contribution >= 4 is 35.1 Å². The van der Waals surface area contributed by atoms with Crippen molar-refractivity contribution in [3.63, 3.8) is 0 Å². The summed E-state index contributed by atoms with van der Waals surface area (Å²) in [6.45, 7) is 2.71. The van der Waals surface area contributed by atoms with E-state index in [0.717, 1.165) is 12.8 Å². The predicted octanol–water partition coefficient (Wildman–Crippen LogP) is 5.67. The zero-order valence-corrected chi connectivity index (χ0v) is 21.3. The van der Waals surface area contributed by atoms with Gasteiger partial charge < -0.3 is 26.8 Å². The van der Waals surface area contributed by atoms with Crippen LogP contribution >= 0.6 is 0 Å². The molecule has 0 unspecified atom stereocenters. The molecule has 0 radical (unpaired) electrons. The van der Waals surface area contributed by atoms with Gasteiger partial charge in [0.2, 0.25) is 0 Å². The molecule has 1 aromatic carbocycles. The Labute approximate surface area is 218 Å². The lowest BCUT2D eigenvalue weighted by Crippen LogP contribution is -2.17. The van der Waals surface area contributed by atoms with Crippen molar-refractivity contribution in [2.75, 3.05) is 28.7 Å². The van der Waals surface area contributed by atoms with E-state index in [0.29, 0.717) is 24.0 Å². The summed E-state index contributed by atoms with van der Waals surface area (Å²) in [5.41, 5.74) is 11.9. The molecule has 0 aliphatic rings. The average molecular weight is 505 g/mol. The van der Waals surface area contributed by atoms with Crippen LogP contribution in [0.1, 0.15) is 79.0 Å². The zero-order chi connectivity index (χ0) is 26.5. The van der Waals surface area contributed by atoms with Crippen LogP contribution in [0.25, 0.3) is 0 Å². The maximum Gasteiger partial charge on any atom is 0.256 e. The van der Waals surface area contributed by atoms with Crippen LogP contribution in [0.5, 0.6) is 5.75 Å². The van der Waals surface area contributed by atoms with Crippen molar-refractivity contribution in [3.8, 4) is 5.75 Å². The van der Waals surface area contributed by atoms with E-state index in [1.807, 2.05) is 0 Å². The first kappa shape index (κ1) is 27.4. The molecular formula is C28H36N6O3. The molecule has 0 aliphatic carbocycles. The van der Waals surface area contributed by atoms with Gasteiger partial charge in [0.05, 0.1) is 6.61 Å². The molecule has 0 aliphatic heterocycles. The molecule has 0 fully saturated rings. The SMILES string of the molecule is CCCCCCCCCCOc1cc(C(=O)Nc2cccc(N)n2)cc(C(=O)Nc2cccc(N)n2)c1. The Morgan fingerprint density at radius 1 is 0.730 bits per heavy atom. The molecule has 0 atom stereocenters. The molecule has 2 heterocycles. The first-order valence-corrected chi connectivity index (χ1v) is 12.8. The third-order valence-corrected chi connectivity index (χ3v) is 5.72. The Bertz CT molecular complexity index is 1110. The molecule has 0 saturated carbocycles. The Balaban J connectivity index is 1.68. The fourth-order valence-electron chi connectivity index (χ4n) is 3.79. The maximum absolute atomic E-state index is 13.0. The summed E-state index contributed by atoms with van der Waals surface area (Å²) in [6.07, 6.45) is 9.48. The van der Waals surface area contributed by atoms with E-state index >= 15 is 0 Å². The van der Waals surface area contributed by atoms with Gasteiger partial charge in [0, 0.05) is 11.1 Å². The second-order valence-electron chi connectivity index (χ2n) is 8.87. The minimum absolute atomic E-state index is 0.253. The number of benzene rings is 1. The Kier molecular flexibility index (Phi) is 10.7. The number of hydrogen-bond donors (Lipinski definition) is 4. The highest BCUT2D eigenvalue weighted by Crippen LogP contribution is 2.21. The minimum Gasteiger partial charge on any atom is -0.494 e. The number of aromatic nitrogens is 2. The van der Waals surface area contributed by atoms with Crippen LogP contribution in [0.15, 0.2) is 54.6 Å². The molecular weight excluding hydrogens is 468 g/mol. The largest absolute Gasteiger partial charge is 0.494 e. The van der Waals surface area contributed by atoms with E-state index in [1.54, 1.807) is 48.5 Å². The quantitative estimate of drug-likeness (QED) is 0.207. The standard InChI is InChI=1S/C28H36N6O3/c1-2-3-4-5-6-7-8-9-16-37-22-18-20(27(35)33-25-14-10-12-23(29)31-25)17-21(19-22)28(36)34-26-15-11-13-24(30)32-26/h10-15,17-19H,2-9,16H2,1H3,(H3,29,31,33,35)(H3,30,32,34,36). The predicted molar refractivity (Wildman–Crippen MR) is 148 cm³/mol. The van der Waals surface area contributed by atoms with Gasteiger partial charge in [0.25, 0.3) is 11.8 Å². The minimum atomic E-state index is -0.438. The van der Waals surface area contributed by atoms with Gasteiger partial charge in [0.1, 0.15) is 29.0 Å². The van der Waals surface area contributed by atoms with Crippen LogP contribution < -0.4 is 26.8 Å². The summed E-state index contributed by atoms with van der Waals surface area (Å²) >= 11 is 0. The normalized spacial score (nSPS) is 10.6. The summed E-state index contributed by atoms with van der Waals surface area (Å²) in [7, 11) is 0. The molecule has 0 bridgehead atoms. The number of carbonyl (C=O) groups is 2. The third-order valence-electron chi connectivity index (χ3n) is 5.72. The van der Waals surface area contributed by atoms with Crippen molar-refractivity contribution < 1.29 is 14.3 Å². The van der Waals surface area contributed by atoms with Crippen molar-refractivity contribution in [3.05, 3.63) is 65.7 Å². The molecule has 0 spiro atoms. The van der Waals surface area contributed by atoms with Gasteiger partial charge in [-0.1, -0.05) is 64.0 Å². The van der Waals surface area contributed by atoms with Gasteiger partial charge >= 0.3 is 0 Å². The lowest BCUT2D eigenvalue weighted by atomic mass is 10.1. The van der Waals surface area contributed by atoms with E-state index in [9.17, 15) is 9.59 Å². The first-order chi connectivity index (χ1) is 17.9. The number of nitrogens with zero attached hydrogens (tertiary/aromatic N) is 2. The molecule has 3 aromatic rings. The van der Waals surface area contributed by atoms with Crippen LogP contribution in [0, 0.1) is 0 Å². The number of carbonyl (C=O) groups excluding carboxylic acids is 2. The van der Waals surface area contributed by atoms with Crippen LogP contribution in [0.3, 0.4) is 0 Å². The van der Waals surface area contributed by atoms with Crippen molar-refractivity contribution in [1.82, 2.24) is 9.97 Å². The van der Waals surface area contributed by atoms with Crippen molar-refractivity contribution in [2.24, 2.45) is 0 Å². The van der Waals surface area contributed by atoms with Gasteiger partial charge in [-0.2, -0.15) is 0 Å². The van der Waals surface area contributed by atoms with E-state index in [2.05, 4.69) is 27.5 Å².